The van der Waals surface area contributed by atoms with Gasteiger partial charge >= 0.3 is 0 Å². The third-order valence-corrected chi connectivity index (χ3v) is 4.90. The molecule has 0 amide bonds. The SMILES string of the molecule is O=C(CO)c1ccc2ccn(CCCOc3ccc(-n4ccnc4)cc3)c(=O)c2c1. The van der Waals surface area contributed by atoms with Gasteiger partial charge in [0.1, 0.15) is 12.4 Å². The van der Waals surface area contributed by atoms with E-state index in [4.69, 9.17) is 9.84 Å². The van der Waals surface area contributed by atoms with E-state index in [0.29, 0.717) is 30.5 Å². The number of aliphatic hydroxyl groups excluding tert-OH is 1. The van der Waals surface area contributed by atoms with Crippen LogP contribution in [0.25, 0.3) is 16.5 Å². The average Bonchev–Trinajstić information content (AvgIpc) is 3.33. The van der Waals surface area contributed by atoms with Crippen LogP contribution in [0, 0.1) is 0 Å². The Labute approximate surface area is 172 Å². The number of carbonyl (C=O) groups is 1. The van der Waals surface area contributed by atoms with Crippen molar-refractivity contribution < 1.29 is 14.6 Å². The van der Waals surface area contributed by atoms with Gasteiger partial charge in [-0.3, -0.25) is 9.59 Å². The van der Waals surface area contributed by atoms with Gasteiger partial charge in [-0.15, -0.1) is 0 Å². The summed E-state index contributed by atoms with van der Waals surface area (Å²) >= 11 is 0. The molecule has 7 nitrogen and oxygen atoms in total. The van der Waals surface area contributed by atoms with E-state index in [9.17, 15) is 9.59 Å². The number of imidazole rings is 1. The normalized spacial score (nSPS) is 11.0. The van der Waals surface area contributed by atoms with Crippen LogP contribution in [0.2, 0.25) is 0 Å². The number of aryl methyl sites for hydroxylation is 1. The Hall–Kier alpha value is -3.71. The zero-order valence-electron chi connectivity index (χ0n) is 16.3. The van der Waals surface area contributed by atoms with E-state index in [0.717, 1.165) is 16.8 Å². The Morgan fingerprint density at radius 1 is 1.07 bits per heavy atom. The molecule has 2 aromatic heterocycles. The zero-order valence-corrected chi connectivity index (χ0v) is 16.3. The van der Waals surface area contributed by atoms with Crippen molar-refractivity contribution in [2.24, 2.45) is 0 Å². The van der Waals surface area contributed by atoms with E-state index in [2.05, 4.69) is 4.98 Å². The van der Waals surface area contributed by atoms with Crippen molar-refractivity contribution in [3.05, 3.63) is 89.4 Å². The number of pyridine rings is 1. The average molecular weight is 403 g/mol. The van der Waals surface area contributed by atoms with Crippen LogP contribution in [0.5, 0.6) is 5.75 Å². The van der Waals surface area contributed by atoms with Gasteiger partial charge in [-0.2, -0.15) is 0 Å². The monoisotopic (exact) mass is 403 g/mol. The molecule has 0 fully saturated rings. The molecule has 0 saturated heterocycles. The van der Waals surface area contributed by atoms with Crippen LogP contribution in [0.15, 0.2) is 78.2 Å². The number of hydrogen-bond donors (Lipinski definition) is 1. The summed E-state index contributed by atoms with van der Waals surface area (Å²) in [5.74, 6) is 0.357. The molecular formula is C23H21N3O4. The number of aliphatic hydroxyl groups is 1. The highest BCUT2D eigenvalue weighted by Crippen LogP contribution is 2.16. The molecular weight excluding hydrogens is 382 g/mol. The molecule has 0 aliphatic carbocycles. The van der Waals surface area contributed by atoms with Crippen molar-refractivity contribution in [3.8, 4) is 11.4 Å². The predicted molar refractivity (Wildman–Crippen MR) is 113 cm³/mol. The van der Waals surface area contributed by atoms with Crippen molar-refractivity contribution in [2.75, 3.05) is 13.2 Å². The van der Waals surface area contributed by atoms with Gasteiger partial charge in [-0.1, -0.05) is 12.1 Å². The quantitative estimate of drug-likeness (QED) is 0.361. The summed E-state index contributed by atoms with van der Waals surface area (Å²) in [7, 11) is 0. The molecule has 7 heteroatoms. The molecule has 0 bridgehead atoms. The van der Waals surface area contributed by atoms with Crippen molar-refractivity contribution in [3.63, 3.8) is 0 Å². The zero-order chi connectivity index (χ0) is 20.9. The Kier molecular flexibility index (Phi) is 5.72. The van der Waals surface area contributed by atoms with E-state index in [1.807, 2.05) is 41.1 Å². The first kappa shape index (κ1) is 19.6. The maximum atomic E-state index is 12.7. The molecule has 0 atom stereocenters. The first-order valence-electron chi connectivity index (χ1n) is 9.64. The highest BCUT2D eigenvalue weighted by molar-refractivity contribution is 6.00. The van der Waals surface area contributed by atoms with Crippen LogP contribution in [0.4, 0.5) is 0 Å². The largest absolute Gasteiger partial charge is 0.494 e. The molecule has 152 valence electrons. The number of nitrogens with zero attached hydrogens (tertiary/aromatic N) is 3. The number of ketones is 1. The molecule has 1 N–H and O–H groups in total. The van der Waals surface area contributed by atoms with Gasteiger partial charge in [0.15, 0.2) is 5.78 Å². The number of Topliss-reactive ketones (excluding diaryl/α,β-unsaturated/α-hetero) is 1. The van der Waals surface area contributed by atoms with Gasteiger partial charge < -0.3 is 19.0 Å². The van der Waals surface area contributed by atoms with Crippen LogP contribution in [-0.2, 0) is 6.54 Å². The van der Waals surface area contributed by atoms with Crippen molar-refractivity contribution in [1.82, 2.24) is 14.1 Å². The number of carbonyl (C=O) groups excluding carboxylic acids is 1. The van der Waals surface area contributed by atoms with Gasteiger partial charge in [0.05, 0.1) is 12.9 Å². The van der Waals surface area contributed by atoms with Crippen LogP contribution < -0.4 is 10.3 Å². The number of hydrogen-bond acceptors (Lipinski definition) is 5. The molecule has 30 heavy (non-hydrogen) atoms. The first-order chi connectivity index (χ1) is 14.7. The van der Waals surface area contributed by atoms with E-state index < -0.39 is 12.4 Å². The lowest BCUT2D eigenvalue weighted by molar-refractivity contribution is 0.0904. The maximum Gasteiger partial charge on any atom is 0.258 e. The fourth-order valence-electron chi connectivity index (χ4n) is 3.27. The van der Waals surface area contributed by atoms with Crippen molar-refractivity contribution in [2.45, 2.75) is 13.0 Å². The number of benzene rings is 2. The molecule has 2 heterocycles. The van der Waals surface area contributed by atoms with Gasteiger partial charge in [-0.25, -0.2) is 4.98 Å². The predicted octanol–water partition coefficient (Wildman–Crippen LogP) is 2.83. The fourth-order valence-corrected chi connectivity index (χ4v) is 3.27. The van der Waals surface area contributed by atoms with E-state index in [-0.39, 0.29) is 5.56 Å². The molecule has 0 unspecified atom stereocenters. The molecule has 0 saturated carbocycles. The number of aromatic nitrogens is 3. The first-order valence-corrected chi connectivity index (χ1v) is 9.64. The molecule has 2 aromatic carbocycles. The van der Waals surface area contributed by atoms with Gasteiger partial charge in [-0.05, 0) is 48.2 Å². The molecule has 4 aromatic rings. The second-order valence-corrected chi connectivity index (χ2v) is 6.86. The van der Waals surface area contributed by atoms with Gasteiger partial charge in [0, 0.05) is 41.8 Å². The summed E-state index contributed by atoms with van der Waals surface area (Å²) in [6, 6.07) is 14.4. The van der Waals surface area contributed by atoms with Crippen molar-refractivity contribution >= 4 is 16.6 Å². The minimum atomic E-state index is -0.576. The van der Waals surface area contributed by atoms with E-state index in [1.54, 1.807) is 41.5 Å². The standard InChI is InChI=1S/C23H21N3O4/c27-15-22(28)18-3-2-17-8-11-25(23(29)21(17)14-18)10-1-13-30-20-6-4-19(5-7-20)26-12-9-24-16-26/h2-9,11-12,14,16,27H,1,10,13,15H2. The van der Waals surface area contributed by atoms with Gasteiger partial charge in [0.2, 0.25) is 0 Å². The number of rotatable bonds is 8. The summed E-state index contributed by atoms with van der Waals surface area (Å²) in [4.78, 5) is 28.5. The Morgan fingerprint density at radius 3 is 2.63 bits per heavy atom. The lowest BCUT2D eigenvalue weighted by Gasteiger charge is -2.10. The Balaban J connectivity index is 1.38. The van der Waals surface area contributed by atoms with Crippen molar-refractivity contribution in [1.29, 1.82) is 0 Å². The van der Waals surface area contributed by atoms with Crippen LogP contribution in [-0.4, -0.2) is 38.2 Å². The van der Waals surface area contributed by atoms with Gasteiger partial charge in [0.25, 0.3) is 5.56 Å². The summed E-state index contributed by atoms with van der Waals surface area (Å²) in [5, 5.41) is 10.3. The van der Waals surface area contributed by atoms with Crippen LogP contribution in [0.3, 0.4) is 0 Å². The minimum Gasteiger partial charge on any atom is -0.494 e. The molecule has 0 aliphatic heterocycles. The second kappa shape index (κ2) is 8.75. The summed E-state index contributed by atoms with van der Waals surface area (Å²) in [5.41, 5.74) is 1.17. The highest BCUT2D eigenvalue weighted by atomic mass is 16.5. The summed E-state index contributed by atoms with van der Waals surface area (Å²) in [6.07, 6.45) is 7.74. The van der Waals surface area contributed by atoms with Crippen LogP contribution >= 0.6 is 0 Å². The van der Waals surface area contributed by atoms with E-state index in [1.165, 1.54) is 0 Å². The van der Waals surface area contributed by atoms with Crippen LogP contribution in [0.1, 0.15) is 16.8 Å². The third kappa shape index (κ3) is 4.16. The molecule has 0 spiro atoms. The maximum absolute atomic E-state index is 12.7. The fraction of sp³-hybridized carbons (Fsp3) is 0.174. The minimum absolute atomic E-state index is 0.162. The smallest absolute Gasteiger partial charge is 0.258 e. The third-order valence-electron chi connectivity index (χ3n) is 4.90. The lowest BCUT2D eigenvalue weighted by atomic mass is 10.1. The Bertz CT molecular complexity index is 1210. The number of ether oxygens (including phenoxy) is 1. The Morgan fingerprint density at radius 2 is 1.90 bits per heavy atom. The van der Waals surface area contributed by atoms with E-state index >= 15 is 0 Å². The molecule has 0 aliphatic rings. The highest BCUT2D eigenvalue weighted by Gasteiger charge is 2.08. The summed E-state index contributed by atoms with van der Waals surface area (Å²) < 4.78 is 9.30. The molecule has 4 rings (SSSR count). The lowest BCUT2D eigenvalue weighted by Crippen LogP contribution is -2.21. The molecule has 0 radical (unpaired) electrons. The second-order valence-electron chi connectivity index (χ2n) is 6.86. The topological polar surface area (TPSA) is 86.3 Å². The summed E-state index contributed by atoms with van der Waals surface area (Å²) in [6.45, 7) is 0.394. The number of fused-ring (bicyclic) bond motifs is 1.